The minimum absolute atomic E-state index is 0.0852. The number of fused-ring (bicyclic) bond motifs is 1. The third kappa shape index (κ3) is 2.97. The van der Waals surface area contributed by atoms with Crippen molar-refractivity contribution in [3.05, 3.63) is 42.5 Å². The van der Waals surface area contributed by atoms with Crippen LogP contribution in [-0.4, -0.2) is 42.3 Å². The van der Waals surface area contributed by atoms with Crippen LogP contribution in [0.3, 0.4) is 0 Å². The predicted molar refractivity (Wildman–Crippen MR) is 83.7 cm³/mol. The fraction of sp³-hybridized carbons (Fsp3) is 0.200. The molecule has 0 aliphatic heterocycles. The highest BCUT2D eigenvalue weighted by molar-refractivity contribution is 5.96. The van der Waals surface area contributed by atoms with Gasteiger partial charge in [0.2, 0.25) is 0 Å². The minimum atomic E-state index is -1.02. The Hall–Kier alpha value is -3.00. The molecular weight excluding hydrogens is 298 g/mol. The maximum absolute atomic E-state index is 11.3. The van der Waals surface area contributed by atoms with E-state index in [0.717, 1.165) is 0 Å². The van der Waals surface area contributed by atoms with Crippen molar-refractivity contribution in [3.63, 3.8) is 0 Å². The van der Waals surface area contributed by atoms with E-state index in [0.29, 0.717) is 35.6 Å². The van der Waals surface area contributed by atoms with E-state index in [1.807, 2.05) is 4.57 Å². The number of para-hydroxylation sites is 1. The smallest absolute Gasteiger partial charge is 0.337 e. The SMILES string of the molecule is O=C(O)c1ccccc1Nc1ncnc2c1ncn2CCCO. The summed E-state index contributed by atoms with van der Waals surface area (Å²) in [5.74, 6) is -0.585. The molecule has 2 heterocycles. The molecule has 0 spiro atoms. The first-order valence-corrected chi connectivity index (χ1v) is 7.06. The molecule has 3 N–H and O–H groups in total. The van der Waals surface area contributed by atoms with Crippen molar-refractivity contribution in [3.8, 4) is 0 Å². The van der Waals surface area contributed by atoms with Crippen molar-refractivity contribution in [2.24, 2.45) is 0 Å². The van der Waals surface area contributed by atoms with Crippen LogP contribution in [0, 0.1) is 0 Å². The molecule has 2 aromatic heterocycles. The second-order valence-corrected chi connectivity index (χ2v) is 4.89. The molecule has 0 saturated heterocycles. The van der Waals surface area contributed by atoms with Crippen molar-refractivity contribution in [2.75, 3.05) is 11.9 Å². The quantitative estimate of drug-likeness (QED) is 0.634. The van der Waals surface area contributed by atoms with Gasteiger partial charge in [-0.2, -0.15) is 0 Å². The molecule has 0 amide bonds. The molecule has 8 heteroatoms. The molecule has 23 heavy (non-hydrogen) atoms. The summed E-state index contributed by atoms with van der Waals surface area (Å²) in [6, 6.07) is 6.59. The molecule has 0 unspecified atom stereocenters. The molecule has 0 radical (unpaired) electrons. The largest absolute Gasteiger partial charge is 0.478 e. The number of benzene rings is 1. The van der Waals surface area contributed by atoms with Crippen LogP contribution in [0.1, 0.15) is 16.8 Å². The number of anilines is 2. The number of hydrogen-bond donors (Lipinski definition) is 3. The average Bonchev–Trinajstić information content (AvgIpc) is 2.97. The molecule has 0 saturated carbocycles. The number of imidazole rings is 1. The summed E-state index contributed by atoms with van der Waals surface area (Å²) < 4.78 is 1.82. The lowest BCUT2D eigenvalue weighted by Crippen LogP contribution is -2.04. The molecule has 0 atom stereocenters. The number of aliphatic hydroxyl groups is 1. The average molecular weight is 313 g/mol. The van der Waals surface area contributed by atoms with Gasteiger partial charge < -0.3 is 20.1 Å². The Bertz CT molecular complexity index is 846. The summed E-state index contributed by atoms with van der Waals surface area (Å²) >= 11 is 0. The molecule has 3 aromatic rings. The van der Waals surface area contributed by atoms with Gasteiger partial charge in [0.05, 0.1) is 17.6 Å². The maximum atomic E-state index is 11.3. The number of rotatable bonds is 6. The van der Waals surface area contributed by atoms with Gasteiger partial charge in [-0.3, -0.25) is 0 Å². The van der Waals surface area contributed by atoms with Crippen molar-refractivity contribution in [1.82, 2.24) is 19.5 Å². The number of aromatic carboxylic acids is 1. The van der Waals surface area contributed by atoms with E-state index in [9.17, 15) is 9.90 Å². The van der Waals surface area contributed by atoms with Crippen molar-refractivity contribution < 1.29 is 15.0 Å². The third-order valence-corrected chi connectivity index (χ3v) is 3.37. The molecule has 8 nitrogen and oxygen atoms in total. The summed E-state index contributed by atoms with van der Waals surface area (Å²) in [4.78, 5) is 23.9. The molecule has 0 aliphatic rings. The van der Waals surface area contributed by atoms with Crippen LogP contribution in [0.2, 0.25) is 0 Å². The second-order valence-electron chi connectivity index (χ2n) is 4.89. The Morgan fingerprint density at radius 2 is 2.04 bits per heavy atom. The van der Waals surface area contributed by atoms with Crippen molar-refractivity contribution in [1.29, 1.82) is 0 Å². The molecule has 118 valence electrons. The summed E-state index contributed by atoms with van der Waals surface area (Å²) in [5, 5.41) is 21.2. The maximum Gasteiger partial charge on any atom is 0.337 e. The number of nitrogens with one attached hydrogen (secondary N) is 1. The number of aromatic nitrogens is 4. The number of carbonyl (C=O) groups is 1. The number of hydrogen-bond acceptors (Lipinski definition) is 6. The van der Waals surface area contributed by atoms with Gasteiger partial charge in [0.25, 0.3) is 0 Å². The zero-order valence-corrected chi connectivity index (χ0v) is 12.2. The van der Waals surface area contributed by atoms with E-state index in [4.69, 9.17) is 5.11 Å². The zero-order chi connectivity index (χ0) is 16.2. The van der Waals surface area contributed by atoms with Crippen LogP contribution >= 0.6 is 0 Å². The molecule has 0 fully saturated rings. The van der Waals surface area contributed by atoms with Gasteiger partial charge in [-0.15, -0.1) is 0 Å². The van der Waals surface area contributed by atoms with Crippen LogP contribution in [-0.2, 0) is 6.54 Å². The van der Waals surface area contributed by atoms with Crippen LogP contribution < -0.4 is 5.32 Å². The van der Waals surface area contributed by atoms with Crippen LogP contribution in [0.15, 0.2) is 36.9 Å². The Kier molecular flexibility index (Phi) is 4.15. The van der Waals surface area contributed by atoms with E-state index < -0.39 is 5.97 Å². The minimum Gasteiger partial charge on any atom is -0.478 e. The van der Waals surface area contributed by atoms with Gasteiger partial charge in [-0.25, -0.2) is 19.7 Å². The molecule has 0 bridgehead atoms. The Morgan fingerprint density at radius 3 is 2.83 bits per heavy atom. The molecule has 3 rings (SSSR count). The number of nitrogens with zero attached hydrogens (tertiary/aromatic N) is 4. The van der Waals surface area contributed by atoms with E-state index in [1.165, 1.54) is 12.4 Å². The first-order chi connectivity index (χ1) is 11.2. The molecule has 1 aromatic carbocycles. The highest BCUT2D eigenvalue weighted by Gasteiger charge is 2.13. The first kappa shape index (κ1) is 14.9. The van der Waals surface area contributed by atoms with Gasteiger partial charge in [-0.05, 0) is 18.6 Å². The number of aliphatic hydroxyl groups excluding tert-OH is 1. The van der Waals surface area contributed by atoms with Gasteiger partial charge in [0, 0.05) is 13.2 Å². The normalized spacial score (nSPS) is 10.8. The third-order valence-electron chi connectivity index (χ3n) is 3.37. The van der Waals surface area contributed by atoms with Crippen LogP contribution in [0.25, 0.3) is 11.2 Å². The lowest BCUT2D eigenvalue weighted by Gasteiger charge is -2.09. The molecule has 0 aliphatic carbocycles. The van der Waals surface area contributed by atoms with E-state index in [-0.39, 0.29) is 12.2 Å². The van der Waals surface area contributed by atoms with E-state index >= 15 is 0 Å². The lowest BCUT2D eigenvalue weighted by molar-refractivity contribution is 0.0698. The fourth-order valence-electron chi connectivity index (χ4n) is 2.28. The summed E-state index contributed by atoms with van der Waals surface area (Å²) in [7, 11) is 0. The summed E-state index contributed by atoms with van der Waals surface area (Å²) in [5.41, 5.74) is 1.76. The monoisotopic (exact) mass is 313 g/mol. The number of carboxylic acids is 1. The first-order valence-electron chi connectivity index (χ1n) is 7.06. The summed E-state index contributed by atoms with van der Waals surface area (Å²) in [6.07, 6.45) is 3.62. The van der Waals surface area contributed by atoms with Crippen LogP contribution in [0.5, 0.6) is 0 Å². The standard InChI is InChI=1S/C15H15N5O3/c21-7-3-6-20-9-18-12-13(16-8-17-14(12)20)19-11-5-2-1-4-10(11)15(22)23/h1-2,4-5,8-9,21H,3,6-7H2,(H,22,23)(H,16,17,19). The number of aryl methyl sites for hydroxylation is 1. The Morgan fingerprint density at radius 1 is 1.22 bits per heavy atom. The lowest BCUT2D eigenvalue weighted by atomic mass is 10.2. The van der Waals surface area contributed by atoms with Crippen LogP contribution in [0.4, 0.5) is 11.5 Å². The number of carboxylic acid groups (broad SMARTS) is 1. The Balaban J connectivity index is 1.98. The fourth-order valence-corrected chi connectivity index (χ4v) is 2.28. The summed E-state index contributed by atoms with van der Waals surface area (Å²) in [6.45, 7) is 0.678. The topological polar surface area (TPSA) is 113 Å². The van der Waals surface area contributed by atoms with E-state index in [1.54, 1.807) is 24.5 Å². The van der Waals surface area contributed by atoms with Gasteiger partial charge >= 0.3 is 5.97 Å². The highest BCUT2D eigenvalue weighted by Crippen LogP contribution is 2.24. The molecular formula is C15H15N5O3. The van der Waals surface area contributed by atoms with Gasteiger partial charge in [-0.1, -0.05) is 12.1 Å². The highest BCUT2D eigenvalue weighted by atomic mass is 16.4. The zero-order valence-electron chi connectivity index (χ0n) is 12.2. The van der Waals surface area contributed by atoms with Gasteiger partial charge in [0.1, 0.15) is 6.33 Å². The Labute approximate surface area is 131 Å². The second kappa shape index (κ2) is 6.41. The van der Waals surface area contributed by atoms with Gasteiger partial charge in [0.15, 0.2) is 17.0 Å². The van der Waals surface area contributed by atoms with E-state index in [2.05, 4.69) is 20.3 Å². The predicted octanol–water partition coefficient (Wildman–Crippen LogP) is 1.65. The van der Waals surface area contributed by atoms with Crippen molar-refractivity contribution >= 4 is 28.6 Å². The van der Waals surface area contributed by atoms with Crippen molar-refractivity contribution in [2.45, 2.75) is 13.0 Å².